The van der Waals surface area contributed by atoms with E-state index in [9.17, 15) is 15.2 Å². The van der Waals surface area contributed by atoms with Crippen molar-refractivity contribution < 1.29 is 9.90 Å². The number of pyridine rings is 1. The monoisotopic (exact) mass is 374 g/mol. The average Bonchev–Trinajstić information content (AvgIpc) is 2.72. The van der Waals surface area contributed by atoms with Gasteiger partial charge in [0.15, 0.2) is 0 Å². The minimum Gasteiger partial charge on any atom is -0.394 e. The lowest BCUT2D eigenvalue weighted by atomic mass is 9.76. The van der Waals surface area contributed by atoms with Crippen LogP contribution in [0.25, 0.3) is 0 Å². The van der Waals surface area contributed by atoms with Crippen LogP contribution in [0.5, 0.6) is 0 Å². The number of amides is 2. The van der Waals surface area contributed by atoms with Crippen LogP contribution in [0.1, 0.15) is 36.0 Å². The van der Waals surface area contributed by atoms with Crippen LogP contribution in [0.2, 0.25) is 0 Å². The number of carbonyl (C=O) groups excluding carboxylic acids is 1. The van der Waals surface area contributed by atoms with E-state index in [2.05, 4.69) is 28.2 Å². The fourth-order valence-corrected chi connectivity index (χ4v) is 3.38. The van der Waals surface area contributed by atoms with E-state index in [1.165, 1.54) is 4.90 Å². The van der Waals surface area contributed by atoms with Crippen LogP contribution in [0.15, 0.2) is 48.8 Å². The van der Waals surface area contributed by atoms with Crippen molar-refractivity contribution in [3.63, 3.8) is 0 Å². The van der Waals surface area contributed by atoms with Crippen molar-refractivity contribution in [3.8, 4) is 17.9 Å². The summed E-state index contributed by atoms with van der Waals surface area (Å²) in [5.41, 5.74) is 2.60. The first kappa shape index (κ1) is 19.4. The zero-order valence-electron chi connectivity index (χ0n) is 15.7. The Hall–Kier alpha value is -3.35. The fraction of sp³-hybridized carbons (Fsp3) is 0.318. The molecule has 1 aliphatic rings. The molecule has 3 rings (SSSR count). The Kier molecular flexibility index (Phi) is 6.26. The number of aliphatic hydroxyl groups is 1. The van der Waals surface area contributed by atoms with E-state index in [0.29, 0.717) is 6.54 Å². The molecular formula is C22H22N4O2. The third-order valence-electron chi connectivity index (χ3n) is 4.80. The minimum atomic E-state index is -0.596. The van der Waals surface area contributed by atoms with Crippen LogP contribution in [-0.2, 0) is 0 Å². The van der Waals surface area contributed by atoms with E-state index in [1.807, 2.05) is 43.3 Å². The summed E-state index contributed by atoms with van der Waals surface area (Å²) in [7, 11) is 0. The van der Waals surface area contributed by atoms with Gasteiger partial charge in [0, 0.05) is 36.0 Å². The quantitative estimate of drug-likeness (QED) is 0.804. The van der Waals surface area contributed by atoms with Gasteiger partial charge in [-0.3, -0.25) is 4.98 Å². The van der Waals surface area contributed by atoms with Crippen molar-refractivity contribution in [2.75, 3.05) is 13.2 Å². The Balaban J connectivity index is 1.75. The highest BCUT2D eigenvalue weighted by Crippen LogP contribution is 2.40. The first-order valence-corrected chi connectivity index (χ1v) is 9.28. The van der Waals surface area contributed by atoms with E-state index in [1.54, 1.807) is 12.4 Å². The van der Waals surface area contributed by atoms with Crippen LogP contribution >= 0.6 is 0 Å². The molecule has 0 radical (unpaired) electrons. The number of aliphatic hydroxyl groups excluding tert-OH is 1. The van der Waals surface area contributed by atoms with Crippen molar-refractivity contribution >= 4 is 6.03 Å². The van der Waals surface area contributed by atoms with Crippen molar-refractivity contribution in [3.05, 3.63) is 65.5 Å². The molecule has 2 N–H and O–H groups in total. The third-order valence-corrected chi connectivity index (χ3v) is 4.80. The van der Waals surface area contributed by atoms with Gasteiger partial charge in [-0.05, 0) is 36.2 Å². The van der Waals surface area contributed by atoms with Crippen LogP contribution < -0.4 is 5.32 Å². The number of nitrogens with one attached hydrogen (secondary N) is 1. The molecule has 1 aromatic carbocycles. The minimum absolute atomic E-state index is 0.190. The predicted octanol–water partition coefficient (Wildman–Crippen LogP) is 2.25. The summed E-state index contributed by atoms with van der Waals surface area (Å²) in [6, 6.07) is 12.2. The Labute approximate surface area is 164 Å². The summed E-state index contributed by atoms with van der Waals surface area (Å²) in [4.78, 5) is 17.8. The van der Waals surface area contributed by atoms with E-state index >= 15 is 0 Å². The van der Waals surface area contributed by atoms with Gasteiger partial charge in [-0.15, -0.1) is 0 Å². The third kappa shape index (κ3) is 3.98. The largest absolute Gasteiger partial charge is 0.394 e. The smallest absolute Gasteiger partial charge is 0.318 e. The van der Waals surface area contributed by atoms with Crippen LogP contribution in [0.3, 0.4) is 0 Å². The molecule has 142 valence electrons. The van der Waals surface area contributed by atoms with Gasteiger partial charge in [-0.1, -0.05) is 30.9 Å². The van der Waals surface area contributed by atoms with Gasteiger partial charge in [-0.25, -0.2) is 4.79 Å². The zero-order chi connectivity index (χ0) is 19.9. The summed E-state index contributed by atoms with van der Waals surface area (Å²) in [6.45, 7) is 2.31. The first-order valence-electron chi connectivity index (χ1n) is 9.28. The summed E-state index contributed by atoms with van der Waals surface area (Å²) in [5, 5.41) is 22.1. The maximum atomic E-state index is 12.3. The lowest BCUT2D eigenvalue weighted by Gasteiger charge is -2.51. The second-order valence-corrected chi connectivity index (χ2v) is 6.60. The van der Waals surface area contributed by atoms with Gasteiger partial charge in [0.05, 0.1) is 18.7 Å². The highest BCUT2D eigenvalue weighted by atomic mass is 16.3. The van der Waals surface area contributed by atoms with Crippen LogP contribution in [0, 0.1) is 23.2 Å². The SMILES string of the molecule is CCCNC(=O)N1[C@H](C#N)[C@H](c2ccc(C#Cc3cccnc3)cc2)[C@H]1CO. The molecule has 1 aromatic heterocycles. The van der Waals surface area contributed by atoms with Crippen molar-refractivity contribution in [1.82, 2.24) is 15.2 Å². The first-order chi connectivity index (χ1) is 13.7. The molecule has 2 heterocycles. The molecule has 2 aromatic rings. The van der Waals surface area contributed by atoms with Gasteiger partial charge in [0.2, 0.25) is 0 Å². The number of urea groups is 1. The number of benzene rings is 1. The number of carbonyl (C=O) groups is 1. The molecule has 0 unspecified atom stereocenters. The number of hydrogen-bond acceptors (Lipinski definition) is 4. The highest BCUT2D eigenvalue weighted by Gasteiger charge is 2.51. The average molecular weight is 374 g/mol. The summed E-state index contributed by atoms with van der Waals surface area (Å²) < 4.78 is 0. The van der Waals surface area contributed by atoms with Crippen molar-refractivity contribution in [2.24, 2.45) is 0 Å². The number of rotatable bonds is 4. The topological polar surface area (TPSA) is 89.3 Å². The van der Waals surface area contributed by atoms with Gasteiger partial charge < -0.3 is 15.3 Å². The molecular weight excluding hydrogens is 352 g/mol. The molecule has 0 bridgehead atoms. The van der Waals surface area contributed by atoms with Gasteiger partial charge >= 0.3 is 6.03 Å². The molecule has 6 heteroatoms. The molecule has 28 heavy (non-hydrogen) atoms. The second-order valence-electron chi connectivity index (χ2n) is 6.60. The summed E-state index contributed by atoms with van der Waals surface area (Å²) in [6.07, 6.45) is 4.22. The molecule has 1 fully saturated rings. The standard InChI is InChI=1S/C22H22N4O2/c1-2-11-25-22(28)26-19(13-23)21(20(26)15-27)18-9-7-16(8-10-18)5-6-17-4-3-12-24-14-17/h3-4,7-10,12,14,19-21,27H,2,11,15H2,1H3,(H,25,28)/t19-,20-,21+/m1/s1. The van der Waals surface area contributed by atoms with Crippen LogP contribution in [-0.4, -0.2) is 46.3 Å². The molecule has 6 nitrogen and oxygen atoms in total. The highest BCUT2D eigenvalue weighted by molar-refractivity contribution is 5.77. The maximum Gasteiger partial charge on any atom is 0.318 e. The summed E-state index contributed by atoms with van der Waals surface area (Å²) in [5.74, 6) is 5.92. The molecule has 2 amide bonds. The number of aromatic nitrogens is 1. The Morgan fingerprint density at radius 2 is 2.00 bits per heavy atom. The Bertz CT molecular complexity index is 910. The normalized spacial score (nSPS) is 20.3. The molecule has 0 spiro atoms. The second kappa shape index (κ2) is 9.03. The molecule has 1 saturated heterocycles. The molecule has 3 atom stereocenters. The number of hydrogen-bond donors (Lipinski definition) is 2. The van der Waals surface area contributed by atoms with E-state index in [0.717, 1.165) is 23.1 Å². The van der Waals surface area contributed by atoms with Crippen molar-refractivity contribution in [2.45, 2.75) is 31.3 Å². The number of likely N-dealkylation sites (tertiary alicyclic amines) is 1. The molecule has 0 saturated carbocycles. The Morgan fingerprint density at radius 1 is 1.25 bits per heavy atom. The van der Waals surface area contributed by atoms with Gasteiger partial charge in [0.1, 0.15) is 6.04 Å². The molecule has 0 aliphatic carbocycles. The maximum absolute atomic E-state index is 12.3. The predicted molar refractivity (Wildman–Crippen MR) is 105 cm³/mol. The summed E-state index contributed by atoms with van der Waals surface area (Å²) >= 11 is 0. The lowest BCUT2D eigenvalue weighted by molar-refractivity contribution is 0.0169. The molecule has 1 aliphatic heterocycles. The number of nitriles is 1. The Morgan fingerprint density at radius 3 is 2.61 bits per heavy atom. The fourth-order valence-electron chi connectivity index (χ4n) is 3.38. The van der Waals surface area contributed by atoms with Crippen LogP contribution in [0.4, 0.5) is 4.79 Å². The van der Waals surface area contributed by atoms with Gasteiger partial charge in [0.25, 0.3) is 0 Å². The van der Waals surface area contributed by atoms with E-state index < -0.39 is 12.1 Å². The van der Waals surface area contributed by atoms with E-state index in [4.69, 9.17) is 0 Å². The lowest BCUT2D eigenvalue weighted by Crippen LogP contribution is -2.67. The van der Waals surface area contributed by atoms with Crippen molar-refractivity contribution in [1.29, 1.82) is 5.26 Å². The zero-order valence-corrected chi connectivity index (χ0v) is 15.7. The van der Waals surface area contributed by atoms with Gasteiger partial charge in [-0.2, -0.15) is 5.26 Å². The van der Waals surface area contributed by atoms with E-state index in [-0.39, 0.29) is 18.6 Å². The number of nitrogens with zero attached hydrogens (tertiary/aromatic N) is 3.